The maximum atomic E-state index is 11.2. The van der Waals surface area contributed by atoms with Crippen molar-refractivity contribution in [3.05, 3.63) is 12.2 Å². The summed E-state index contributed by atoms with van der Waals surface area (Å²) < 4.78 is 5.16. The number of ether oxygens (including phenoxy) is 1. The lowest BCUT2D eigenvalue weighted by Crippen LogP contribution is -2.18. The minimum atomic E-state index is -0.529. The van der Waals surface area contributed by atoms with Crippen molar-refractivity contribution < 1.29 is 9.53 Å². The molecule has 2 nitrogen and oxygen atoms in total. The number of hydrogen-bond acceptors (Lipinski definition) is 2. The summed E-state index contributed by atoms with van der Waals surface area (Å²) in [7, 11) is 0. The van der Waals surface area contributed by atoms with Gasteiger partial charge in [-0.1, -0.05) is 19.1 Å². The van der Waals surface area contributed by atoms with E-state index in [-0.39, 0.29) is 5.97 Å². The minimum Gasteiger partial charge on any atom is -0.465 e. The summed E-state index contributed by atoms with van der Waals surface area (Å²) in [5.74, 6) is 2.76. The molecule has 2 aliphatic carbocycles. The highest BCUT2D eigenvalue weighted by atomic mass is 35.5. The van der Waals surface area contributed by atoms with Crippen molar-refractivity contribution in [1.82, 2.24) is 0 Å². The second kappa shape index (κ2) is 5.43. The Morgan fingerprint density at radius 3 is 3.06 bits per heavy atom. The van der Waals surface area contributed by atoms with Gasteiger partial charge >= 0.3 is 5.97 Å². The quantitative estimate of drug-likeness (QED) is 0.438. The lowest BCUT2D eigenvalue weighted by Gasteiger charge is -2.18. The average molecular weight is 257 g/mol. The van der Waals surface area contributed by atoms with Crippen LogP contribution in [0.5, 0.6) is 0 Å². The lowest BCUT2D eigenvalue weighted by molar-refractivity contribution is -0.143. The molecular weight excluding hydrogens is 236 g/mol. The summed E-state index contributed by atoms with van der Waals surface area (Å²) in [6.45, 7) is 4.51. The molecule has 5 atom stereocenters. The molecule has 0 aromatic rings. The third-order valence-corrected chi connectivity index (χ3v) is 4.43. The van der Waals surface area contributed by atoms with E-state index in [2.05, 4.69) is 19.1 Å². The van der Waals surface area contributed by atoms with E-state index < -0.39 is 5.38 Å². The van der Waals surface area contributed by atoms with Gasteiger partial charge in [-0.15, -0.1) is 11.6 Å². The molecule has 0 aliphatic heterocycles. The molecule has 0 radical (unpaired) electrons. The zero-order valence-corrected chi connectivity index (χ0v) is 11.3. The highest BCUT2D eigenvalue weighted by molar-refractivity contribution is 6.29. The maximum absolute atomic E-state index is 11.2. The van der Waals surface area contributed by atoms with Crippen LogP contribution in [0.1, 0.15) is 33.1 Å². The van der Waals surface area contributed by atoms with E-state index >= 15 is 0 Å². The van der Waals surface area contributed by atoms with Gasteiger partial charge in [0.25, 0.3) is 0 Å². The fraction of sp³-hybridized carbons (Fsp3) is 0.786. The molecule has 1 fully saturated rings. The zero-order valence-electron chi connectivity index (χ0n) is 10.6. The first-order chi connectivity index (χ1) is 8.09. The molecule has 0 bridgehead atoms. The molecule has 0 saturated heterocycles. The second-order valence-corrected chi connectivity index (χ2v) is 6.10. The Bertz CT molecular complexity index is 311. The van der Waals surface area contributed by atoms with Gasteiger partial charge in [0.05, 0.1) is 6.61 Å². The third-order valence-electron chi connectivity index (χ3n) is 4.26. The molecule has 0 amide bonds. The lowest BCUT2D eigenvalue weighted by atomic mass is 9.88. The van der Waals surface area contributed by atoms with Crippen LogP contribution in [-0.2, 0) is 9.53 Å². The Morgan fingerprint density at radius 2 is 2.35 bits per heavy atom. The summed E-state index contributed by atoms with van der Waals surface area (Å²) >= 11 is 5.65. The van der Waals surface area contributed by atoms with Gasteiger partial charge in [-0.3, -0.25) is 4.79 Å². The monoisotopic (exact) mass is 256 g/mol. The number of halogens is 1. The number of esters is 1. The van der Waals surface area contributed by atoms with Crippen molar-refractivity contribution in [2.45, 2.75) is 38.5 Å². The predicted octanol–water partition coefficient (Wildman–Crippen LogP) is 3.40. The van der Waals surface area contributed by atoms with Gasteiger partial charge in [0.2, 0.25) is 0 Å². The molecule has 0 aromatic heterocycles. The highest BCUT2D eigenvalue weighted by Gasteiger charge is 2.40. The summed E-state index contributed by atoms with van der Waals surface area (Å²) in [4.78, 5) is 11.2. The summed E-state index contributed by atoms with van der Waals surface area (Å²) in [5, 5.41) is -0.529. The largest absolute Gasteiger partial charge is 0.465 e. The predicted molar refractivity (Wildman–Crippen MR) is 68.9 cm³/mol. The molecule has 5 unspecified atom stereocenters. The first kappa shape index (κ1) is 12.9. The SMILES string of the molecule is CC(Cl)C(=O)OCCC1CC(C)C2C=CCC12. The molecule has 0 N–H and O–H groups in total. The molecule has 96 valence electrons. The second-order valence-electron chi connectivity index (χ2n) is 5.45. The summed E-state index contributed by atoms with van der Waals surface area (Å²) in [5.41, 5.74) is 0. The van der Waals surface area contributed by atoms with E-state index in [1.54, 1.807) is 6.92 Å². The van der Waals surface area contributed by atoms with Crippen LogP contribution in [0.2, 0.25) is 0 Å². The topological polar surface area (TPSA) is 26.3 Å². The van der Waals surface area contributed by atoms with Gasteiger partial charge in [0, 0.05) is 0 Å². The van der Waals surface area contributed by atoms with Gasteiger partial charge in [0.15, 0.2) is 0 Å². The molecule has 0 aromatic carbocycles. The Morgan fingerprint density at radius 1 is 1.59 bits per heavy atom. The van der Waals surface area contributed by atoms with Gasteiger partial charge in [0.1, 0.15) is 5.38 Å². The molecule has 0 spiro atoms. The molecule has 1 saturated carbocycles. The van der Waals surface area contributed by atoms with Crippen LogP contribution >= 0.6 is 11.6 Å². The van der Waals surface area contributed by atoms with Crippen molar-refractivity contribution in [3.8, 4) is 0 Å². The first-order valence-corrected chi connectivity index (χ1v) is 7.00. The van der Waals surface area contributed by atoms with E-state index in [1.807, 2.05) is 0 Å². The molecule has 0 heterocycles. The van der Waals surface area contributed by atoms with Crippen LogP contribution in [0, 0.1) is 23.7 Å². The number of carbonyl (C=O) groups excluding carboxylic acids is 1. The van der Waals surface area contributed by atoms with Gasteiger partial charge < -0.3 is 4.74 Å². The molecule has 3 heteroatoms. The summed E-state index contributed by atoms with van der Waals surface area (Å²) in [6.07, 6.45) is 8.16. The van der Waals surface area contributed by atoms with E-state index in [0.29, 0.717) is 12.5 Å². The Balaban J connectivity index is 1.75. The Labute approximate surface area is 108 Å². The van der Waals surface area contributed by atoms with Gasteiger partial charge in [-0.25, -0.2) is 0 Å². The molecule has 2 aliphatic rings. The smallest absolute Gasteiger partial charge is 0.323 e. The first-order valence-electron chi connectivity index (χ1n) is 6.57. The van der Waals surface area contributed by atoms with Gasteiger partial charge in [-0.2, -0.15) is 0 Å². The fourth-order valence-corrected chi connectivity index (χ4v) is 3.44. The number of fused-ring (bicyclic) bond motifs is 1. The van der Waals surface area contributed by atoms with Crippen molar-refractivity contribution in [2.75, 3.05) is 6.61 Å². The van der Waals surface area contributed by atoms with Crippen molar-refractivity contribution >= 4 is 17.6 Å². The van der Waals surface area contributed by atoms with Crippen LogP contribution in [0.25, 0.3) is 0 Å². The van der Waals surface area contributed by atoms with Crippen molar-refractivity contribution in [1.29, 1.82) is 0 Å². The fourth-order valence-electron chi connectivity index (χ4n) is 3.38. The maximum Gasteiger partial charge on any atom is 0.323 e. The third kappa shape index (κ3) is 2.85. The van der Waals surface area contributed by atoms with E-state index in [4.69, 9.17) is 16.3 Å². The molecule has 2 rings (SSSR count). The zero-order chi connectivity index (χ0) is 12.4. The van der Waals surface area contributed by atoms with E-state index in [1.165, 1.54) is 12.8 Å². The average Bonchev–Trinajstić information content (AvgIpc) is 2.84. The van der Waals surface area contributed by atoms with E-state index in [9.17, 15) is 4.79 Å². The number of hydrogen-bond donors (Lipinski definition) is 0. The number of alkyl halides is 1. The van der Waals surface area contributed by atoms with Crippen LogP contribution in [0.15, 0.2) is 12.2 Å². The summed E-state index contributed by atoms with van der Waals surface area (Å²) in [6, 6.07) is 0. The standard InChI is InChI=1S/C14H21ClO2/c1-9-8-11(13-5-3-4-12(9)13)6-7-17-14(16)10(2)15/h3-4,9-13H,5-8H2,1-2H3. The molecular formula is C14H21ClO2. The van der Waals surface area contributed by atoms with Crippen LogP contribution in [-0.4, -0.2) is 18.0 Å². The van der Waals surface area contributed by atoms with Crippen LogP contribution in [0.4, 0.5) is 0 Å². The van der Waals surface area contributed by atoms with Crippen LogP contribution < -0.4 is 0 Å². The van der Waals surface area contributed by atoms with Crippen LogP contribution in [0.3, 0.4) is 0 Å². The van der Waals surface area contributed by atoms with Crippen molar-refractivity contribution in [2.24, 2.45) is 23.7 Å². The molecule has 17 heavy (non-hydrogen) atoms. The van der Waals surface area contributed by atoms with Gasteiger partial charge in [-0.05, 0) is 49.9 Å². The Kier molecular flexibility index (Phi) is 4.13. The Hall–Kier alpha value is -0.500. The van der Waals surface area contributed by atoms with E-state index in [0.717, 1.165) is 24.2 Å². The minimum absolute atomic E-state index is 0.293. The number of rotatable bonds is 4. The number of carbonyl (C=O) groups is 1. The number of allylic oxidation sites excluding steroid dienone is 2. The normalized spacial score (nSPS) is 36.9. The van der Waals surface area contributed by atoms with Crippen molar-refractivity contribution in [3.63, 3.8) is 0 Å². The highest BCUT2D eigenvalue weighted by Crippen LogP contribution is 2.48.